The monoisotopic (exact) mass is 471 g/mol. The first-order valence-corrected chi connectivity index (χ1v) is 10.9. The molecule has 0 aromatic heterocycles. The second-order valence-corrected chi connectivity index (χ2v) is 7.98. The number of amides is 1. The number of methoxy groups -OCH3 is 1. The van der Waals surface area contributed by atoms with E-state index in [1.165, 1.54) is 0 Å². The minimum absolute atomic E-state index is 0.0160. The largest absolute Gasteiger partial charge is 0.493 e. The van der Waals surface area contributed by atoms with E-state index < -0.39 is 0 Å². The molecular weight excluding hydrogens is 446 g/mol. The molecular formula is C23H26BrN3O3. The van der Waals surface area contributed by atoms with Gasteiger partial charge in [0.25, 0.3) is 5.91 Å². The number of carbonyl (C=O) groups is 1. The van der Waals surface area contributed by atoms with Crippen LogP contribution in [0, 0.1) is 11.3 Å². The number of halogens is 1. The highest BCUT2D eigenvalue weighted by Gasteiger charge is 2.23. The van der Waals surface area contributed by atoms with Crippen LogP contribution in [0.2, 0.25) is 0 Å². The van der Waals surface area contributed by atoms with Crippen LogP contribution >= 0.6 is 15.9 Å². The van der Waals surface area contributed by atoms with Gasteiger partial charge in [-0.2, -0.15) is 5.26 Å². The zero-order valence-corrected chi connectivity index (χ0v) is 18.9. The summed E-state index contributed by atoms with van der Waals surface area (Å²) in [4.78, 5) is 17.3. The molecule has 1 aliphatic rings. The van der Waals surface area contributed by atoms with Crippen molar-refractivity contribution in [3.05, 3.63) is 52.0 Å². The lowest BCUT2D eigenvalue weighted by Crippen LogP contribution is -2.35. The van der Waals surface area contributed by atoms with Crippen molar-refractivity contribution >= 4 is 27.5 Å². The number of rotatable bonds is 6. The quantitative estimate of drug-likeness (QED) is 0.621. The normalized spacial score (nSPS) is 14.1. The van der Waals surface area contributed by atoms with Crippen LogP contribution in [-0.4, -0.2) is 50.7 Å². The van der Waals surface area contributed by atoms with Gasteiger partial charge in [-0.3, -0.25) is 4.79 Å². The van der Waals surface area contributed by atoms with E-state index in [-0.39, 0.29) is 5.91 Å². The number of carbonyl (C=O) groups excluding carboxylic acids is 1. The predicted molar refractivity (Wildman–Crippen MR) is 120 cm³/mol. The molecule has 1 saturated heterocycles. The molecule has 1 aliphatic heterocycles. The number of hydrogen-bond donors (Lipinski definition) is 0. The van der Waals surface area contributed by atoms with E-state index in [9.17, 15) is 4.79 Å². The molecule has 2 aromatic carbocycles. The standard InChI is InChI=1S/C23H26BrN3O3/c1-3-13-30-22-20(24)14-18(15-21(22)29-2)23(28)27-10-4-9-26(11-12-27)19-7-5-17(16-25)6-8-19/h5-8,14-15H,3-4,9-13H2,1-2H3. The van der Waals surface area contributed by atoms with Gasteiger partial charge in [-0.1, -0.05) is 6.92 Å². The molecule has 0 aliphatic carbocycles. The van der Waals surface area contributed by atoms with Gasteiger partial charge < -0.3 is 19.3 Å². The highest BCUT2D eigenvalue weighted by atomic mass is 79.9. The molecule has 0 bridgehead atoms. The second-order valence-electron chi connectivity index (χ2n) is 7.13. The summed E-state index contributed by atoms with van der Waals surface area (Å²) < 4.78 is 11.9. The zero-order valence-electron chi connectivity index (χ0n) is 17.4. The predicted octanol–water partition coefficient (Wildman–Crippen LogP) is 4.47. The third kappa shape index (κ3) is 5.06. The van der Waals surface area contributed by atoms with E-state index in [4.69, 9.17) is 14.7 Å². The Balaban J connectivity index is 1.72. The van der Waals surface area contributed by atoms with Crippen molar-refractivity contribution in [2.45, 2.75) is 19.8 Å². The maximum absolute atomic E-state index is 13.2. The van der Waals surface area contributed by atoms with E-state index >= 15 is 0 Å². The van der Waals surface area contributed by atoms with Gasteiger partial charge in [-0.05, 0) is 65.2 Å². The summed E-state index contributed by atoms with van der Waals surface area (Å²) in [7, 11) is 1.58. The highest BCUT2D eigenvalue weighted by molar-refractivity contribution is 9.10. The fraction of sp³-hybridized carbons (Fsp3) is 0.391. The molecule has 1 amide bonds. The van der Waals surface area contributed by atoms with Gasteiger partial charge >= 0.3 is 0 Å². The van der Waals surface area contributed by atoms with Gasteiger partial charge in [0.15, 0.2) is 11.5 Å². The molecule has 0 N–H and O–H groups in total. The SMILES string of the molecule is CCCOc1c(Br)cc(C(=O)N2CCCN(c3ccc(C#N)cc3)CC2)cc1OC. The summed E-state index contributed by atoms with van der Waals surface area (Å²) in [5.74, 6) is 1.16. The van der Waals surface area contributed by atoms with E-state index in [1.807, 2.05) is 36.1 Å². The Labute approximate surface area is 186 Å². The average molecular weight is 472 g/mol. The van der Waals surface area contributed by atoms with Crippen molar-refractivity contribution in [2.24, 2.45) is 0 Å². The Bertz CT molecular complexity index is 925. The van der Waals surface area contributed by atoms with Crippen LogP contribution in [0.15, 0.2) is 40.9 Å². The van der Waals surface area contributed by atoms with E-state index in [1.54, 1.807) is 19.2 Å². The summed E-state index contributed by atoms with van der Waals surface area (Å²) in [5.41, 5.74) is 2.30. The van der Waals surface area contributed by atoms with Gasteiger partial charge in [-0.15, -0.1) is 0 Å². The molecule has 2 aromatic rings. The number of benzene rings is 2. The number of nitriles is 1. The van der Waals surface area contributed by atoms with Gasteiger partial charge in [0.1, 0.15) is 0 Å². The number of nitrogens with zero attached hydrogens (tertiary/aromatic N) is 3. The maximum Gasteiger partial charge on any atom is 0.254 e. The fourth-order valence-electron chi connectivity index (χ4n) is 3.50. The van der Waals surface area contributed by atoms with Crippen LogP contribution in [0.25, 0.3) is 0 Å². The lowest BCUT2D eigenvalue weighted by atomic mass is 10.1. The molecule has 158 valence electrons. The molecule has 1 fully saturated rings. The first-order valence-electron chi connectivity index (χ1n) is 10.1. The van der Waals surface area contributed by atoms with Crippen molar-refractivity contribution in [1.29, 1.82) is 5.26 Å². The molecule has 0 radical (unpaired) electrons. The lowest BCUT2D eigenvalue weighted by Gasteiger charge is -2.24. The molecule has 3 rings (SSSR count). The zero-order chi connectivity index (χ0) is 21.5. The van der Waals surface area contributed by atoms with Crippen LogP contribution in [0.5, 0.6) is 11.5 Å². The third-order valence-electron chi connectivity index (χ3n) is 5.07. The van der Waals surface area contributed by atoms with Crippen molar-refractivity contribution in [3.63, 3.8) is 0 Å². The second kappa shape index (κ2) is 10.4. The van der Waals surface area contributed by atoms with Gasteiger partial charge in [0.05, 0.1) is 29.8 Å². The highest BCUT2D eigenvalue weighted by Crippen LogP contribution is 2.37. The summed E-state index contributed by atoms with van der Waals surface area (Å²) in [6.45, 7) is 5.56. The molecule has 1 heterocycles. The van der Waals surface area contributed by atoms with E-state index in [0.717, 1.165) is 31.6 Å². The minimum Gasteiger partial charge on any atom is -0.493 e. The first kappa shape index (κ1) is 22.0. The Morgan fingerprint density at radius 3 is 2.60 bits per heavy atom. The molecule has 0 atom stereocenters. The topological polar surface area (TPSA) is 65.8 Å². The fourth-order valence-corrected chi connectivity index (χ4v) is 4.05. The van der Waals surface area contributed by atoms with E-state index in [0.29, 0.717) is 46.8 Å². The average Bonchev–Trinajstić information content (AvgIpc) is 3.03. The first-order chi connectivity index (χ1) is 14.6. The van der Waals surface area contributed by atoms with Crippen LogP contribution in [0.4, 0.5) is 5.69 Å². The van der Waals surface area contributed by atoms with Gasteiger partial charge in [0, 0.05) is 37.4 Å². The third-order valence-corrected chi connectivity index (χ3v) is 5.66. The Morgan fingerprint density at radius 1 is 1.17 bits per heavy atom. The smallest absolute Gasteiger partial charge is 0.254 e. The lowest BCUT2D eigenvalue weighted by molar-refractivity contribution is 0.0766. The summed E-state index contributed by atoms with van der Waals surface area (Å²) in [6.07, 6.45) is 1.77. The molecule has 0 spiro atoms. The molecule has 6 nitrogen and oxygen atoms in total. The Morgan fingerprint density at radius 2 is 1.93 bits per heavy atom. The molecule has 7 heteroatoms. The van der Waals surface area contributed by atoms with Crippen molar-refractivity contribution in [1.82, 2.24) is 4.90 Å². The maximum atomic E-state index is 13.2. The van der Waals surface area contributed by atoms with Gasteiger partial charge in [-0.25, -0.2) is 0 Å². The van der Waals surface area contributed by atoms with Crippen LogP contribution in [-0.2, 0) is 0 Å². The molecule has 0 unspecified atom stereocenters. The number of anilines is 1. The summed E-state index contributed by atoms with van der Waals surface area (Å²) in [6, 6.07) is 13.3. The Hall–Kier alpha value is -2.72. The van der Waals surface area contributed by atoms with Crippen molar-refractivity contribution in [2.75, 3.05) is 44.8 Å². The molecule has 0 saturated carbocycles. The number of hydrogen-bond acceptors (Lipinski definition) is 5. The van der Waals surface area contributed by atoms with Crippen molar-refractivity contribution < 1.29 is 14.3 Å². The minimum atomic E-state index is -0.0160. The molecule has 30 heavy (non-hydrogen) atoms. The van der Waals surface area contributed by atoms with Crippen molar-refractivity contribution in [3.8, 4) is 17.6 Å². The summed E-state index contributed by atoms with van der Waals surface area (Å²) >= 11 is 3.52. The summed E-state index contributed by atoms with van der Waals surface area (Å²) in [5, 5.41) is 8.98. The van der Waals surface area contributed by atoms with Crippen LogP contribution in [0.3, 0.4) is 0 Å². The Kier molecular flexibility index (Phi) is 7.58. The van der Waals surface area contributed by atoms with Crippen LogP contribution < -0.4 is 14.4 Å². The van der Waals surface area contributed by atoms with Gasteiger partial charge in [0.2, 0.25) is 0 Å². The van der Waals surface area contributed by atoms with E-state index in [2.05, 4.69) is 26.9 Å². The van der Waals surface area contributed by atoms with Crippen LogP contribution in [0.1, 0.15) is 35.7 Å². The number of ether oxygens (including phenoxy) is 2.